The molecular weight excluding hydrogens is 288 g/mol. The second kappa shape index (κ2) is 6.01. The summed E-state index contributed by atoms with van der Waals surface area (Å²) in [7, 11) is 0. The van der Waals surface area contributed by atoms with Crippen LogP contribution in [0.4, 0.5) is 9.93 Å². The summed E-state index contributed by atoms with van der Waals surface area (Å²) < 4.78 is 0. The molecule has 1 saturated carbocycles. The van der Waals surface area contributed by atoms with Crippen LogP contribution >= 0.6 is 11.3 Å². The first-order chi connectivity index (χ1) is 10.1. The Hall–Kier alpha value is -1.63. The average Bonchev–Trinajstić information content (AvgIpc) is 3.20. The van der Waals surface area contributed by atoms with Gasteiger partial charge in [-0.05, 0) is 31.6 Å². The number of nitrogens with two attached hydrogens (primary N) is 1. The average molecular weight is 308 g/mol. The second-order valence-electron chi connectivity index (χ2n) is 5.88. The quantitative estimate of drug-likeness (QED) is 0.893. The van der Waals surface area contributed by atoms with Gasteiger partial charge in [0.1, 0.15) is 0 Å². The molecular formula is C14H20N4O2S. The van der Waals surface area contributed by atoms with Gasteiger partial charge in [0.05, 0.1) is 5.69 Å². The van der Waals surface area contributed by atoms with E-state index in [9.17, 15) is 9.59 Å². The fourth-order valence-electron chi connectivity index (χ4n) is 2.71. The summed E-state index contributed by atoms with van der Waals surface area (Å²) in [4.78, 5) is 29.3. The van der Waals surface area contributed by atoms with E-state index in [0.29, 0.717) is 36.5 Å². The smallest absolute Gasteiger partial charge is 0.323 e. The van der Waals surface area contributed by atoms with Crippen LogP contribution in [0, 0.1) is 5.92 Å². The van der Waals surface area contributed by atoms with Gasteiger partial charge in [0.15, 0.2) is 5.13 Å². The van der Waals surface area contributed by atoms with Gasteiger partial charge in [-0.2, -0.15) is 0 Å². The summed E-state index contributed by atoms with van der Waals surface area (Å²) in [5.74, 6) is 0.664. The summed E-state index contributed by atoms with van der Waals surface area (Å²) in [6, 6.07) is -0.0933. The van der Waals surface area contributed by atoms with Crippen molar-refractivity contribution in [3.05, 3.63) is 11.1 Å². The molecule has 1 aliphatic carbocycles. The normalized spacial score (nSPS) is 19.5. The number of urea groups is 1. The third-order valence-electron chi connectivity index (χ3n) is 4.12. The van der Waals surface area contributed by atoms with Crippen molar-refractivity contribution in [2.24, 2.45) is 11.7 Å². The number of hydrogen-bond donors (Lipinski definition) is 2. The highest BCUT2D eigenvalue weighted by molar-refractivity contribution is 7.13. The summed E-state index contributed by atoms with van der Waals surface area (Å²) in [6.07, 6.45) is 4.52. The van der Waals surface area contributed by atoms with Crippen LogP contribution < -0.4 is 11.1 Å². The molecule has 21 heavy (non-hydrogen) atoms. The molecule has 1 aliphatic heterocycles. The maximum Gasteiger partial charge on any atom is 0.323 e. The molecule has 0 aromatic carbocycles. The van der Waals surface area contributed by atoms with E-state index in [2.05, 4.69) is 10.3 Å². The largest absolute Gasteiger partial charge is 0.370 e. The molecule has 3 amide bonds. The van der Waals surface area contributed by atoms with Gasteiger partial charge >= 0.3 is 6.03 Å². The number of piperidine rings is 1. The minimum Gasteiger partial charge on any atom is -0.370 e. The van der Waals surface area contributed by atoms with E-state index in [1.54, 1.807) is 4.90 Å². The molecule has 2 heterocycles. The summed E-state index contributed by atoms with van der Waals surface area (Å²) >= 11 is 1.49. The number of primary amides is 1. The van der Waals surface area contributed by atoms with Gasteiger partial charge in [0.2, 0.25) is 5.91 Å². The lowest BCUT2D eigenvalue weighted by Gasteiger charge is -2.31. The van der Waals surface area contributed by atoms with E-state index in [1.807, 2.05) is 5.38 Å². The predicted octanol–water partition coefficient (Wildman–Crippen LogP) is 2.14. The fourth-order valence-corrected chi connectivity index (χ4v) is 3.49. The van der Waals surface area contributed by atoms with Gasteiger partial charge in [-0.1, -0.05) is 0 Å². The maximum absolute atomic E-state index is 12.2. The first kappa shape index (κ1) is 14.3. The Morgan fingerprint density at radius 1 is 1.33 bits per heavy atom. The lowest BCUT2D eigenvalue weighted by Crippen LogP contribution is -2.41. The van der Waals surface area contributed by atoms with Gasteiger partial charge in [-0.15, -0.1) is 11.3 Å². The van der Waals surface area contributed by atoms with Gasteiger partial charge in [-0.3, -0.25) is 10.1 Å². The van der Waals surface area contributed by atoms with Crippen LogP contribution in [0.3, 0.4) is 0 Å². The Balaban J connectivity index is 1.48. The van der Waals surface area contributed by atoms with Crippen LogP contribution in [0.5, 0.6) is 0 Å². The number of likely N-dealkylation sites (tertiary alicyclic amines) is 1. The van der Waals surface area contributed by atoms with Crippen molar-refractivity contribution in [3.63, 3.8) is 0 Å². The van der Waals surface area contributed by atoms with Crippen molar-refractivity contribution in [1.82, 2.24) is 9.88 Å². The number of rotatable bonds is 4. The lowest BCUT2D eigenvalue weighted by molar-refractivity contribution is -0.119. The summed E-state index contributed by atoms with van der Waals surface area (Å²) in [5, 5.41) is 5.59. The van der Waals surface area contributed by atoms with Crippen molar-refractivity contribution in [2.75, 3.05) is 18.4 Å². The fraction of sp³-hybridized carbons (Fsp3) is 0.643. The van der Waals surface area contributed by atoms with Gasteiger partial charge in [-0.25, -0.2) is 9.78 Å². The highest BCUT2D eigenvalue weighted by Crippen LogP contribution is 2.40. The van der Waals surface area contributed by atoms with E-state index in [1.165, 1.54) is 24.2 Å². The zero-order chi connectivity index (χ0) is 14.8. The molecule has 0 spiro atoms. The van der Waals surface area contributed by atoms with Crippen molar-refractivity contribution in [3.8, 4) is 0 Å². The monoisotopic (exact) mass is 308 g/mol. The topological polar surface area (TPSA) is 88.3 Å². The minimum atomic E-state index is -0.256. The number of amides is 3. The van der Waals surface area contributed by atoms with E-state index in [0.717, 1.165) is 18.5 Å². The van der Waals surface area contributed by atoms with Gasteiger partial charge in [0.25, 0.3) is 0 Å². The zero-order valence-corrected chi connectivity index (χ0v) is 12.7. The molecule has 0 bridgehead atoms. The highest BCUT2D eigenvalue weighted by atomic mass is 32.1. The number of anilines is 1. The van der Waals surface area contributed by atoms with E-state index in [-0.39, 0.29) is 11.9 Å². The van der Waals surface area contributed by atoms with Gasteiger partial charge in [0, 0.05) is 30.8 Å². The van der Waals surface area contributed by atoms with E-state index in [4.69, 9.17) is 5.73 Å². The molecule has 0 atom stereocenters. The zero-order valence-electron chi connectivity index (χ0n) is 11.9. The number of carbonyl (C=O) groups excluding carboxylic acids is 2. The SMILES string of the molecule is NC(=O)CC1CCN(C(=O)Nc2nc(C3CC3)cs2)CC1. The molecule has 2 aliphatic rings. The predicted molar refractivity (Wildman–Crippen MR) is 81.2 cm³/mol. The molecule has 1 saturated heterocycles. The van der Waals surface area contributed by atoms with Crippen LogP contribution in [0.25, 0.3) is 0 Å². The van der Waals surface area contributed by atoms with Crippen molar-refractivity contribution < 1.29 is 9.59 Å². The Morgan fingerprint density at radius 2 is 2.05 bits per heavy atom. The van der Waals surface area contributed by atoms with Crippen LogP contribution in [-0.2, 0) is 4.79 Å². The molecule has 1 aromatic rings. The lowest BCUT2D eigenvalue weighted by atomic mass is 9.93. The van der Waals surface area contributed by atoms with Crippen LogP contribution in [0.1, 0.15) is 43.7 Å². The first-order valence-electron chi connectivity index (χ1n) is 7.41. The Morgan fingerprint density at radius 3 is 2.67 bits per heavy atom. The number of thiazole rings is 1. The van der Waals surface area contributed by atoms with Crippen molar-refractivity contribution in [2.45, 2.75) is 38.0 Å². The Kier molecular flexibility index (Phi) is 4.10. The number of carbonyl (C=O) groups is 2. The summed E-state index contributed by atoms with van der Waals surface area (Å²) in [6.45, 7) is 1.34. The van der Waals surface area contributed by atoms with Gasteiger partial charge < -0.3 is 10.6 Å². The molecule has 6 nitrogen and oxygen atoms in total. The number of hydrogen-bond acceptors (Lipinski definition) is 4. The van der Waals surface area contributed by atoms with Crippen LogP contribution in [-0.4, -0.2) is 34.9 Å². The molecule has 2 fully saturated rings. The molecule has 3 N–H and O–H groups in total. The van der Waals surface area contributed by atoms with Crippen LogP contribution in [0.2, 0.25) is 0 Å². The number of nitrogens with zero attached hydrogens (tertiary/aromatic N) is 2. The molecule has 0 radical (unpaired) electrons. The molecule has 7 heteroatoms. The summed E-state index contributed by atoms with van der Waals surface area (Å²) in [5.41, 5.74) is 6.32. The number of nitrogens with one attached hydrogen (secondary N) is 1. The minimum absolute atomic E-state index is 0.0933. The molecule has 0 unspecified atom stereocenters. The second-order valence-corrected chi connectivity index (χ2v) is 6.74. The Bertz CT molecular complexity index is 533. The third-order valence-corrected chi connectivity index (χ3v) is 4.90. The third kappa shape index (κ3) is 3.72. The highest BCUT2D eigenvalue weighted by Gasteiger charge is 2.27. The standard InChI is InChI=1S/C14H20N4O2S/c15-12(19)7-9-3-5-18(6-4-9)14(20)17-13-16-11(8-21-13)10-1-2-10/h8-10H,1-7H2,(H2,15,19)(H,16,17,20). The van der Waals surface area contributed by atoms with Crippen molar-refractivity contribution in [1.29, 1.82) is 0 Å². The molecule has 114 valence electrons. The van der Waals surface area contributed by atoms with Crippen LogP contribution in [0.15, 0.2) is 5.38 Å². The Labute approximate surface area is 127 Å². The van der Waals surface area contributed by atoms with Crippen molar-refractivity contribution >= 4 is 28.4 Å². The van der Waals surface area contributed by atoms with E-state index >= 15 is 0 Å². The number of aromatic nitrogens is 1. The maximum atomic E-state index is 12.2. The van der Waals surface area contributed by atoms with E-state index < -0.39 is 0 Å². The molecule has 1 aromatic heterocycles. The molecule has 3 rings (SSSR count). The first-order valence-corrected chi connectivity index (χ1v) is 8.29.